The third-order valence-corrected chi connectivity index (χ3v) is 6.02. The summed E-state index contributed by atoms with van der Waals surface area (Å²) in [4.78, 5) is -0.105. The zero-order chi connectivity index (χ0) is 12.4. The van der Waals surface area contributed by atoms with E-state index in [9.17, 15) is 13.2 Å². The van der Waals surface area contributed by atoms with Gasteiger partial charge >= 0.3 is 6.18 Å². The Labute approximate surface area is 113 Å². The maximum Gasteiger partial charge on any atom is 0.416 e. The summed E-state index contributed by atoms with van der Waals surface area (Å²) < 4.78 is 44.3. The van der Waals surface area contributed by atoms with E-state index in [0.29, 0.717) is 11.1 Å². The van der Waals surface area contributed by atoms with E-state index in [2.05, 4.69) is 31.9 Å². The lowest BCUT2D eigenvalue weighted by atomic mass is 9.88. The number of hydrogen-bond acceptors (Lipinski definition) is 1. The first-order valence-electron chi connectivity index (χ1n) is 5.05. The van der Waals surface area contributed by atoms with Crippen molar-refractivity contribution in [2.45, 2.75) is 28.0 Å². The first-order chi connectivity index (χ1) is 7.91. The molecule has 3 rings (SSSR count). The van der Waals surface area contributed by atoms with Crippen LogP contribution in [-0.4, -0.2) is 9.65 Å². The number of alkyl halides is 5. The van der Waals surface area contributed by atoms with Gasteiger partial charge < -0.3 is 4.74 Å². The Morgan fingerprint density at radius 3 is 2.35 bits per heavy atom. The minimum absolute atomic E-state index is 0.0171. The van der Waals surface area contributed by atoms with E-state index >= 15 is 0 Å². The lowest BCUT2D eigenvalue weighted by Crippen LogP contribution is -2.24. The lowest BCUT2D eigenvalue weighted by molar-refractivity contribution is -0.138. The highest BCUT2D eigenvalue weighted by Gasteiger charge is 2.53. The molecule has 0 aromatic heterocycles. The van der Waals surface area contributed by atoms with Crippen molar-refractivity contribution in [2.75, 3.05) is 0 Å². The Morgan fingerprint density at radius 2 is 1.71 bits per heavy atom. The molecule has 2 heterocycles. The van der Waals surface area contributed by atoms with E-state index in [1.165, 1.54) is 6.07 Å². The second kappa shape index (κ2) is 3.71. The van der Waals surface area contributed by atoms with Crippen molar-refractivity contribution in [1.29, 1.82) is 0 Å². The average molecular weight is 372 g/mol. The molecule has 0 unspecified atom stereocenters. The Kier molecular flexibility index (Phi) is 2.62. The standard InChI is InChI=1S/C11H7Br2F3O/c12-7-8(13)10-6-4(9(7)17-10)2-1-3-5(6)11(14,15)16/h1-3,7-10H/t7-,8-,9+,10-/m0/s1. The third kappa shape index (κ3) is 1.60. The molecule has 0 spiro atoms. The number of benzene rings is 1. The quantitative estimate of drug-likeness (QED) is 0.616. The largest absolute Gasteiger partial charge is 0.416 e. The molecule has 1 nitrogen and oxygen atoms in total. The van der Waals surface area contributed by atoms with Crippen LogP contribution < -0.4 is 0 Å². The van der Waals surface area contributed by atoms with E-state index in [-0.39, 0.29) is 15.8 Å². The SMILES string of the molecule is FC(F)(F)c1cccc2c1[C@@H]1O[C@H]2[C@@H](Br)[C@@H]1Br. The Morgan fingerprint density at radius 1 is 1.06 bits per heavy atom. The normalized spacial score (nSPS) is 35.1. The van der Waals surface area contributed by atoms with E-state index in [1.807, 2.05) is 0 Å². The van der Waals surface area contributed by atoms with Crippen molar-refractivity contribution >= 4 is 31.9 Å². The summed E-state index contributed by atoms with van der Waals surface area (Å²) in [5.41, 5.74) is 0.372. The van der Waals surface area contributed by atoms with Gasteiger partial charge in [-0.05, 0) is 17.2 Å². The first-order valence-corrected chi connectivity index (χ1v) is 6.88. The molecule has 1 saturated heterocycles. The number of rotatable bonds is 0. The van der Waals surface area contributed by atoms with Crippen molar-refractivity contribution < 1.29 is 17.9 Å². The van der Waals surface area contributed by atoms with Crippen LogP contribution in [0.3, 0.4) is 0 Å². The smallest absolute Gasteiger partial charge is 0.363 e. The van der Waals surface area contributed by atoms with Gasteiger partial charge in [0.15, 0.2) is 0 Å². The van der Waals surface area contributed by atoms with Gasteiger partial charge in [0.1, 0.15) is 0 Å². The van der Waals surface area contributed by atoms with Crippen LogP contribution in [0.15, 0.2) is 18.2 Å². The highest BCUT2D eigenvalue weighted by Crippen LogP contribution is 2.58. The predicted molar refractivity (Wildman–Crippen MR) is 63.4 cm³/mol. The summed E-state index contributed by atoms with van der Waals surface area (Å²) in [5.74, 6) is 0. The van der Waals surface area contributed by atoms with Gasteiger partial charge in [0.05, 0.1) is 27.4 Å². The summed E-state index contributed by atoms with van der Waals surface area (Å²) in [7, 11) is 0. The molecule has 0 amide bonds. The molecule has 2 aliphatic heterocycles. The molecular formula is C11H7Br2F3O. The Bertz CT molecular complexity index is 474. The van der Waals surface area contributed by atoms with E-state index in [0.717, 1.165) is 6.07 Å². The Hall–Kier alpha value is -0.0700. The maximum absolute atomic E-state index is 12.9. The van der Waals surface area contributed by atoms with Gasteiger partial charge in [-0.25, -0.2) is 0 Å². The highest BCUT2D eigenvalue weighted by atomic mass is 79.9. The molecule has 6 heteroatoms. The van der Waals surface area contributed by atoms with Crippen LogP contribution in [-0.2, 0) is 10.9 Å². The fourth-order valence-corrected chi connectivity index (χ4v) is 3.86. The molecule has 1 fully saturated rings. The first kappa shape index (κ1) is 12.0. The van der Waals surface area contributed by atoms with Crippen molar-refractivity contribution in [1.82, 2.24) is 0 Å². The summed E-state index contributed by atoms with van der Waals surface area (Å²) in [6.07, 6.45) is -5.13. The van der Waals surface area contributed by atoms with E-state index in [4.69, 9.17) is 4.74 Å². The summed E-state index contributed by atoms with van der Waals surface area (Å²) in [6.45, 7) is 0. The zero-order valence-corrected chi connectivity index (χ0v) is 11.5. The zero-order valence-electron chi connectivity index (χ0n) is 8.34. The highest BCUT2D eigenvalue weighted by molar-refractivity contribution is 9.12. The summed E-state index contributed by atoms with van der Waals surface area (Å²) in [6, 6.07) is 4.27. The molecule has 17 heavy (non-hydrogen) atoms. The summed E-state index contributed by atoms with van der Waals surface area (Å²) >= 11 is 6.84. The molecule has 2 bridgehead atoms. The van der Waals surface area contributed by atoms with Crippen LogP contribution >= 0.6 is 31.9 Å². The van der Waals surface area contributed by atoms with Gasteiger partial charge in [-0.1, -0.05) is 44.0 Å². The van der Waals surface area contributed by atoms with Gasteiger partial charge in [-0.2, -0.15) is 13.2 Å². The van der Waals surface area contributed by atoms with Gasteiger partial charge in [0, 0.05) is 0 Å². The van der Waals surface area contributed by atoms with Gasteiger partial charge in [0.25, 0.3) is 0 Å². The van der Waals surface area contributed by atoms with Crippen LogP contribution in [0.4, 0.5) is 13.2 Å². The van der Waals surface area contributed by atoms with E-state index in [1.54, 1.807) is 6.07 Å². The average Bonchev–Trinajstić information content (AvgIpc) is 2.76. The monoisotopic (exact) mass is 370 g/mol. The third-order valence-electron chi connectivity index (χ3n) is 3.21. The molecule has 0 saturated carbocycles. The molecule has 2 aliphatic rings. The molecular weight excluding hydrogens is 365 g/mol. The van der Waals surface area contributed by atoms with Crippen molar-refractivity contribution in [3.05, 3.63) is 34.9 Å². The molecule has 0 aliphatic carbocycles. The van der Waals surface area contributed by atoms with Crippen molar-refractivity contribution in [3.63, 3.8) is 0 Å². The van der Waals surface area contributed by atoms with E-state index < -0.39 is 17.8 Å². The van der Waals surface area contributed by atoms with Gasteiger partial charge in [-0.15, -0.1) is 0 Å². The van der Waals surface area contributed by atoms with Gasteiger partial charge in [-0.3, -0.25) is 0 Å². The minimum Gasteiger partial charge on any atom is -0.363 e. The maximum atomic E-state index is 12.9. The van der Waals surface area contributed by atoms with Crippen LogP contribution in [0.1, 0.15) is 28.9 Å². The fourth-order valence-electron chi connectivity index (χ4n) is 2.51. The van der Waals surface area contributed by atoms with Crippen molar-refractivity contribution in [2.24, 2.45) is 0 Å². The number of fused-ring (bicyclic) bond motifs is 5. The molecule has 1 aromatic rings. The molecule has 0 radical (unpaired) electrons. The fraction of sp³-hybridized carbons (Fsp3) is 0.455. The van der Waals surface area contributed by atoms with Crippen LogP contribution in [0.2, 0.25) is 0 Å². The topological polar surface area (TPSA) is 9.23 Å². The number of halogens is 5. The van der Waals surface area contributed by atoms with Crippen LogP contribution in [0.5, 0.6) is 0 Å². The second-order valence-corrected chi connectivity index (χ2v) is 6.29. The molecule has 92 valence electrons. The summed E-state index contributed by atoms with van der Waals surface area (Å²) in [5, 5.41) is 0. The van der Waals surface area contributed by atoms with Crippen molar-refractivity contribution in [3.8, 4) is 0 Å². The van der Waals surface area contributed by atoms with Gasteiger partial charge in [0.2, 0.25) is 0 Å². The lowest BCUT2D eigenvalue weighted by Gasteiger charge is -2.24. The second-order valence-electron chi connectivity index (χ2n) is 4.17. The molecule has 4 atom stereocenters. The number of hydrogen-bond donors (Lipinski definition) is 0. The molecule has 1 aromatic carbocycles. The van der Waals surface area contributed by atoms with Crippen LogP contribution in [0, 0.1) is 0 Å². The van der Waals surface area contributed by atoms with Crippen LogP contribution in [0.25, 0.3) is 0 Å². The number of ether oxygens (including phenoxy) is 1. The predicted octanol–water partition coefficient (Wildman–Crippen LogP) is 4.36. The molecule has 0 N–H and O–H groups in total. The Balaban J connectivity index is 2.19. The minimum atomic E-state index is -4.33.